The molecule has 6 heterocycles. The van der Waals surface area contributed by atoms with Crippen LogP contribution in [0.2, 0.25) is 0 Å². The summed E-state index contributed by atoms with van der Waals surface area (Å²) in [7, 11) is -8.94. The van der Waals surface area contributed by atoms with Crippen LogP contribution in [0.4, 0.5) is 10.5 Å². The van der Waals surface area contributed by atoms with E-state index in [-0.39, 0.29) is 176 Å². The molecule has 4 fully saturated rings. The zero-order valence-corrected chi connectivity index (χ0v) is 61.8. The van der Waals surface area contributed by atoms with E-state index in [1.165, 1.54) is 23.3 Å². The largest absolute Gasteiger partial charge is 0.460 e. The molecule has 1 aromatic carbocycles. The number of anilines is 1. The number of allylic oxidation sites excluding steroid dienone is 8. The van der Waals surface area contributed by atoms with E-state index in [9.17, 15) is 54.7 Å². The van der Waals surface area contributed by atoms with Crippen LogP contribution in [-0.4, -0.2) is 238 Å². The summed E-state index contributed by atoms with van der Waals surface area (Å²) in [6.07, 6.45) is 18.3. The normalized spacial score (nSPS) is 21.8. The zero-order valence-electron chi connectivity index (χ0n) is 58.4. The van der Waals surface area contributed by atoms with Crippen LogP contribution in [0.5, 0.6) is 0 Å². The van der Waals surface area contributed by atoms with Crippen molar-refractivity contribution >= 4 is 85.9 Å². The monoisotopic (exact) mass is 1490 g/mol. The molecule has 4 unspecified atom stereocenters. The van der Waals surface area contributed by atoms with Crippen molar-refractivity contribution in [2.24, 2.45) is 5.41 Å². The van der Waals surface area contributed by atoms with E-state index in [4.69, 9.17) is 33.2 Å². The molecule has 0 bridgehead atoms. The predicted molar refractivity (Wildman–Crippen MR) is 384 cm³/mol. The fourth-order valence-corrected chi connectivity index (χ4v) is 16.2. The molecule has 1 aromatic rings. The Morgan fingerprint density at radius 2 is 1.39 bits per heavy atom. The number of piperidine rings is 2. The van der Waals surface area contributed by atoms with Crippen LogP contribution < -0.4 is 42.1 Å². The van der Waals surface area contributed by atoms with Crippen molar-refractivity contribution in [1.29, 1.82) is 0 Å². The van der Waals surface area contributed by atoms with Gasteiger partial charge in [-0.2, -0.15) is 41.2 Å². The molecule has 0 aromatic heterocycles. The number of rotatable bonds is 44. The van der Waals surface area contributed by atoms with Crippen LogP contribution in [0.25, 0.3) is 0 Å². The summed E-state index contributed by atoms with van der Waals surface area (Å²) in [5.41, 5.74) is 5.36. The van der Waals surface area contributed by atoms with E-state index >= 15 is 0 Å². The van der Waals surface area contributed by atoms with Crippen LogP contribution in [0.15, 0.2) is 93.0 Å². The van der Waals surface area contributed by atoms with Gasteiger partial charge in [-0.05, 0) is 137 Å². The van der Waals surface area contributed by atoms with Gasteiger partial charge in [0.1, 0.15) is 30.8 Å². The lowest BCUT2D eigenvalue weighted by Gasteiger charge is -2.46. The van der Waals surface area contributed by atoms with Gasteiger partial charge in [0, 0.05) is 90.1 Å². The predicted octanol–water partition coefficient (Wildman–Crippen LogP) is 4.31. The van der Waals surface area contributed by atoms with Gasteiger partial charge in [-0.25, -0.2) is 4.79 Å². The van der Waals surface area contributed by atoms with E-state index < -0.39 is 49.3 Å². The molecule has 32 heteroatoms. The number of nitrogens with one attached hydrogen (secondary N) is 7. The van der Waals surface area contributed by atoms with Crippen LogP contribution >= 0.6 is 24.4 Å². The third-order valence-electron chi connectivity index (χ3n) is 18.4. The number of unbranched alkanes of at least 4 members (excludes halogenated alkanes) is 1. The molecule has 6 atom stereocenters. The molecule has 6 aliphatic heterocycles. The first kappa shape index (κ1) is 80.8. The van der Waals surface area contributed by atoms with Crippen LogP contribution in [0.3, 0.4) is 0 Å². The summed E-state index contributed by atoms with van der Waals surface area (Å²) < 4.78 is 109. The summed E-state index contributed by atoms with van der Waals surface area (Å²) in [5.74, 6) is 0.633. The molecule has 9 N–H and O–H groups in total. The van der Waals surface area contributed by atoms with E-state index in [2.05, 4.69) is 87.7 Å². The molecule has 28 nitrogen and oxygen atoms in total. The lowest BCUT2D eigenvalue weighted by molar-refractivity contribution is -0.131. The summed E-state index contributed by atoms with van der Waals surface area (Å²) >= 11 is 6.04. The maximum Gasteiger partial charge on any atom is 0.315 e. The molecule has 0 radical (unpaired) electrons. The van der Waals surface area contributed by atoms with Crippen molar-refractivity contribution in [1.82, 2.24) is 42.1 Å². The van der Waals surface area contributed by atoms with E-state index in [1.807, 2.05) is 41.8 Å². The molecule has 0 saturated carbocycles. The number of nitrogens with zero attached hydrogens (tertiary/aromatic N) is 2. The van der Waals surface area contributed by atoms with Crippen molar-refractivity contribution in [3.63, 3.8) is 0 Å². The Hall–Kier alpha value is -5.88. The number of carbonyl (C=O) groups is 6. The Kier molecular flexibility index (Phi) is 31.4. The number of thiol groups is 1. The fraction of sp³-hybridized carbons (Fsp3) is 0.652. The number of fused-ring (bicyclic) bond motifs is 3. The number of thioether (sulfide) groups is 1. The molecule has 4 saturated heterocycles. The van der Waals surface area contributed by atoms with E-state index in [1.54, 1.807) is 6.07 Å². The van der Waals surface area contributed by atoms with Crippen molar-refractivity contribution in [3.8, 4) is 0 Å². The fourth-order valence-electron chi connectivity index (χ4n) is 13.4. The highest BCUT2D eigenvalue weighted by molar-refractivity contribution is 8.00. The molecular weight excluding hydrogens is 1390 g/mol. The second-order valence-electron chi connectivity index (χ2n) is 27.1. The summed E-state index contributed by atoms with van der Waals surface area (Å²) in [5, 5.41) is 20.0. The Bertz CT molecular complexity index is 3480. The van der Waals surface area contributed by atoms with Gasteiger partial charge < -0.3 is 75.3 Å². The average molecular weight is 1490 g/mol. The number of urea groups is 1. The summed E-state index contributed by atoms with van der Waals surface area (Å²) in [6.45, 7) is 13.0. The third-order valence-corrected chi connectivity index (χ3v) is 21.9. The third kappa shape index (κ3) is 24.6. The minimum atomic E-state index is -4.63. The topological polar surface area (TPSA) is 366 Å². The molecule has 1 aliphatic carbocycles. The lowest BCUT2D eigenvalue weighted by atomic mass is 9.76. The van der Waals surface area contributed by atoms with Gasteiger partial charge in [0.2, 0.25) is 29.5 Å². The van der Waals surface area contributed by atoms with Gasteiger partial charge in [-0.3, -0.25) is 38.0 Å². The standard InChI is InChI=1S/C69H103N9O19S4/c1-68(2,3)58-41-47(51-40-48-13-9-26-77-27-10-14-50(64(48)77)65(51)97-58)12-7-16-57-69(4,52-42-49(101(88,89)90)19-20-55(52)78(57)28-11-39-100(85,86)87)21-8-18-60(80)71-23-29-91-33-34-92-31-24-72-61(81)43-95-37-35-94-32-25-73-66(83)53(45-98)74-62(82)44-96-38-36-93-30-22-70-59(79)17-6-5-15-56-63-54(46-99-56)75-67(84)76-63/h7,12,16,19-20,40-42,53-54,56,63-64,98H,5-6,8-11,13-15,17-18,21-39,43-46H2,1-4H3,(H,70,79)(H,71,80)(H,72,81)(H,73,83)(H,74,82)(H2,75,76,84)(H,85,86,87)(H,88,89,90)/b12-7+,57-16-/t53-,54?,56-,63?,64?,69?/m0/s1. The average Bonchev–Trinajstić information content (AvgIpc) is 1.71. The number of amides is 7. The maximum atomic E-state index is 13.3. The van der Waals surface area contributed by atoms with Gasteiger partial charge in [0.05, 0.1) is 94.8 Å². The number of benzene rings is 1. The molecular formula is C69H103N9O19S4. The number of hydrogen-bond acceptors (Lipinski definition) is 21. The summed E-state index contributed by atoms with van der Waals surface area (Å²) in [6, 6.07) is 3.93. The smallest absolute Gasteiger partial charge is 0.315 e. The van der Waals surface area contributed by atoms with Gasteiger partial charge in [0.15, 0.2) is 0 Å². The quantitative estimate of drug-likeness (QED) is 0.0188. The highest BCUT2D eigenvalue weighted by atomic mass is 32.2. The van der Waals surface area contributed by atoms with Gasteiger partial charge >= 0.3 is 6.03 Å². The molecule has 7 amide bonds. The molecule has 0 spiro atoms. The first-order valence-corrected chi connectivity index (χ1v) is 39.7. The SMILES string of the molecule is CC(C)(C)C1=CC(/C=C/C=C2\N(CCCS(=O)(=O)O)c3ccc(S(=O)(=O)O)cc3C2(C)CCCC(=O)NCCOCCOCCNC(=O)COCCOCCNC(=O)[C@H](CS)NC(=O)COCCOCCNC(=O)CCCC[C@@H]2SCC3NC(=O)NC32)=C2C=C3CCCN4CCCC(=C2O1)C34. The second kappa shape index (κ2) is 39.3. The highest BCUT2D eigenvalue weighted by Gasteiger charge is 2.46. The minimum Gasteiger partial charge on any atom is -0.460 e. The maximum absolute atomic E-state index is 13.3. The highest BCUT2D eigenvalue weighted by Crippen LogP contribution is 2.52. The number of ether oxygens (including phenoxy) is 7. The van der Waals surface area contributed by atoms with E-state index in [0.29, 0.717) is 48.0 Å². The van der Waals surface area contributed by atoms with Crippen LogP contribution in [0, 0.1) is 5.41 Å². The molecule has 7 aliphatic rings. The van der Waals surface area contributed by atoms with Gasteiger partial charge in [-0.1, -0.05) is 39.3 Å². The molecule has 101 heavy (non-hydrogen) atoms. The first-order valence-electron chi connectivity index (χ1n) is 35.0. The van der Waals surface area contributed by atoms with Crippen molar-refractivity contribution < 1.29 is 87.9 Å². The van der Waals surface area contributed by atoms with E-state index in [0.717, 1.165) is 86.5 Å². The Morgan fingerprint density at radius 3 is 2.02 bits per heavy atom. The van der Waals surface area contributed by atoms with Crippen molar-refractivity contribution in [3.05, 3.63) is 93.7 Å². The molecule has 562 valence electrons. The van der Waals surface area contributed by atoms with Crippen molar-refractivity contribution in [2.75, 3.05) is 147 Å². The summed E-state index contributed by atoms with van der Waals surface area (Å²) in [4.78, 5) is 78.5. The zero-order chi connectivity index (χ0) is 72.6. The molecule has 8 rings (SSSR count). The Morgan fingerprint density at radius 1 is 0.772 bits per heavy atom. The van der Waals surface area contributed by atoms with Gasteiger partial charge in [0.25, 0.3) is 20.2 Å². The second-order valence-corrected chi connectivity index (χ2v) is 31.7. The Labute approximate surface area is 603 Å². The number of hydrogen-bond donors (Lipinski definition) is 10. The van der Waals surface area contributed by atoms with Crippen LogP contribution in [0.1, 0.15) is 110 Å². The Balaban J connectivity index is 0.660. The van der Waals surface area contributed by atoms with Gasteiger partial charge in [-0.15, -0.1) is 0 Å². The first-order chi connectivity index (χ1) is 48.3. The van der Waals surface area contributed by atoms with Crippen LogP contribution in [-0.2, 0) is 82.8 Å². The van der Waals surface area contributed by atoms with Crippen molar-refractivity contribution in [2.45, 2.75) is 144 Å². The lowest BCUT2D eigenvalue weighted by Crippen LogP contribution is -2.49. The minimum absolute atomic E-state index is 0.0479. The number of carbonyl (C=O) groups excluding carboxylic acids is 6.